The number of nitrogens with zero attached hydrogens (tertiary/aromatic N) is 1. The molecular weight excluding hydrogens is 272 g/mol. The van der Waals surface area contributed by atoms with Crippen molar-refractivity contribution in [2.45, 2.75) is 26.7 Å². The summed E-state index contributed by atoms with van der Waals surface area (Å²) < 4.78 is 11.5. The molecule has 0 fully saturated rings. The van der Waals surface area contributed by atoms with Crippen LogP contribution in [0.1, 0.15) is 26.7 Å². The molecular formula is C15H20N2O2S. The van der Waals surface area contributed by atoms with Crippen LogP contribution in [-0.2, 0) is 0 Å². The zero-order chi connectivity index (χ0) is 14.4. The minimum atomic E-state index is 0.572. The lowest BCUT2D eigenvalue weighted by atomic mass is 10.2. The van der Waals surface area contributed by atoms with Crippen molar-refractivity contribution in [2.24, 2.45) is 0 Å². The molecule has 5 heteroatoms. The number of nitrogen functional groups attached to an aromatic ring is 1. The van der Waals surface area contributed by atoms with E-state index >= 15 is 0 Å². The predicted octanol–water partition coefficient (Wildman–Crippen LogP) is 3.97. The highest BCUT2D eigenvalue weighted by molar-refractivity contribution is 7.18. The van der Waals surface area contributed by atoms with Crippen molar-refractivity contribution in [3.05, 3.63) is 24.4 Å². The Hall–Kier alpha value is -1.75. The van der Waals surface area contributed by atoms with E-state index in [1.807, 2.05) is 18.2 Å². The number of anilines is 1. The molecule has 0 radical (unpaired) electrons. The van der Waals surface area contributed by atoms with Crippen LogP contribution in [0.3, 0.4) is 0 Å². The number of hydrogen-bond donors (Lipinski definition) is 1. The lowest BCUT2D eigenvalue weighted by Crippen LogP contribution is -2.01. The molecule has 2 rings (SSSR count). The molecule has 108 valence electrons. The van der Waals surface area contributed by atoms with E-state index in [2.05, 4.69) is 18.8 Å². The third kappa shape index (κ3) is 3.63. The zero-order valence-electron chi connectivity index (χ0n) is 11.9. The molecule has 0 bridgehead atoms. The van der Waals surface area contributed by atoms with E-state index in [1.54, 1.807) is 6.20 Å². The highest BCUT2D eigenvalue weighted by atomic mass is 32.1. The minimum absolute atomic E-state index is 0.572. The molecule has 0 saturated carbocycles. The summed E-state index contributed by atoms with van der Waals surface area (Å²) in [6, 6.07) is 5.95. The summed E-state index contributed by atoms with van der Waals surface area (Å²) in [6.07, 6.45) is 3.72. The summed E-state index contributed by atoms with van der Waals surface area (Å²) in [5.41, 5.74) is 6.73. The van der Waals surface area contributed by atoms with Gasteiger partial charge in [0.15, 0.2) is 16.6 Å². The van der Waals surface area contributed by atoms with Gasteiger partial charge in [-0.1, -0.05) is 25.2 Å². The number of aromatic nitrogens is 1. The quantitative estimate of drug-likeness (QED) is 0.839. The first-order chi connectivity index (χ1) is 9.74. The molecule has 0 saturated heterocycles. The summed E-state index contributed by atoms with van der Waals surface area (Å²) in [7, 11) is 0. The number of ether oxygens (including phenoxy) is 2. The first-order valence-corrected chi connectivity index (χ1v) is 7.67. The van der Waals surface area contributed by atoms with Crippen LogP contribution >= 0.6 is 11.3 Å². The highest BCUT2D eigenvalue weighted by Gasteiger charge is 2.09. The molecule has 1 aromatic heterocycles. The van der Waals surface area contributed by atoms with Gasteiger partial charge in [-0.2, -0.15) is 0 Å². The van der Waals surface area contributed by atoms with Gasteiger partial charge >= 0.3 is 0 Å². The molecule has 20 heavy (non-hydrogen) atoms. The number of nitrogens with two attached hydrogens (primary N) is 1. The average Bonchev–Trinajstić information content (AvgIpc) is 2.90. The lowest BCUT2D eigenvalue weighted by Gasteiger charge is -2.13. The van der Waals surface area contributed by atoms with Crippen LogP contribution in [0.15, 0.2) is 24.4 Å². The van der Waals surface area contributed by atoms with E-state index in [9.17, 15) is 0 Å². The predicted molar refractivity (Wildman–Crippen MR) is 83.5 cm³/mol. The molecule has 1 heterocycles. The van der Waals surface area contributed by atoms with Gasteiger partial charge in [-0.3, -0.25) is 0 Å². The zero-order valence-corrected chi connectivity index (χ0v) is 12.7. The third-order valence-corrected chi connectivity index (χ3v) is 3.55. The fraction of sp³-hybridized carbons (Fsp3) is 0.400. The summed E-state index contributed by atoms with van der Waals surface area (Å²) in [6.45, 7) is 5.54. The van der Waals surface area contributed by atoms with Crippen molar-refractivity contribution in [1.29, 1.82) is 0 Å². The Bertz CT molecular complexity index is 555. The Morgan fingerprint density at radius 3 is 2.40 bits per heavy atom. The van der Waals surface area contributed by atoms with Crippen LogP contribution in [0.2, 0.25) is 0 Å². The topological polar surface area (TPSA) is 57.4 Å². The number of hydrogen-bond acceptors (Lipinski definition) is 5. The van der Waals surface area contributed by atoms with Crippen molar-refractivity contribution >= 4 is 16.5 Å². The third-order valence-electron chi connectivity index (χ3n) is 2.68. The molecule has 0 unspecified atom stereocenters. The standard InChI is InChI=1S/C15H20N2O2S/c1-3-7-18-12-6-5-11(9-13(12)19-8-4-2)14-10-17-15(16)20-14/h5-6,9-10H,3-4,7-8H2,1-2H3,(H2,16,17). The van der Waals surface area contributed by atoms with Crippen LogP contribution in [-0.4, -0.2) is 18.2 Å². The van der Waals surface area contributed by atoms with Crippen LogP contribution in [0, 0.1) is 0 Å². The van der Waals surface area contributed by atoms with Gasteiger partial charge in [0.2, 0.25) is 0 Å². The highest BCUT2D eigenvalue weighted by Crippen LogP contribution is 2.35. The Kier molecular flexibility index (Phi) is 5.24. The number of rotatable bonds is 7. The maximum Gasteiger partial charge on any atom is 0.180 e. The van der Waals surface area contributed by atoms with E-state index in [4.69, 9.17) is 15.2 Å². The summed E-state index contributed by atoms with van der Waals surface area (Å²) >= 11 is 1.47. The second-order valence-electron chi connectivity index (χ2n) is 4.42. The van der Waals surface area contributed by atoms with Crippen molar-refractivity contribution in [3.8, 4) is 21.9 Å². The van der Waals surface area contributed by atoms with Crippen LogP contribution in [0.25, 0.3) is 10.4 Å². The Balaban J connectivity index is 2.26. The van der Waals surface area contributed by atoms with E-state index in [-0.39, 0.29) is 0 Å². The second kappa shape index (κ2) is 7.14. The van der Waals surface area contributed by atoms with E-state index in [0.717, 1.165) is 34.8 Å². The van der Waals surface area contributed by atoms with Crippen molar-refractivity contribution < 1.29 is 9.47 Å². The Morgan fingerprint density at radius 1 is 1.10 bits per heavy atom. The molecule has 0 amide bonds. The van der Waals surface area contributed by atoms with E-state index < -0.39 is 0 Å². The molecule has 1 aromatic carbocycles. The average molecular weight is 292 g/mol. The molecule has 0 spiro atoms. The minimum Gasteiger partial charge on any atom is -0.490 e. The first-order valence-electron chi connectivity index (χ1n) is 6.86. The Morgan fingerprint density at radius 2 is 1.80 bits per heavy atom. The van der Waals surface area contributed by atoms with Gasteiger partial charge in [-0.15, -0.1) is 0 Å². The van der Waals surface area contributed by atoms with Gasteiger partial charge in [0.05, 0.1) is 18.1 Å². The molecule has 2 aromatic rings. The van der Waals surface area contributed by atoms with Crippen LogP contribution < -0.4 is 15.2 Å². The van der Waals surface area contributed by atoms with Gasteiger partial charge in [0.25, 0.3) is 0 Å². The number of thiazole rings is 1. The summed E-state index contributed by atoms with van der Waals surface area (Å²) in [4.78, 5) is 5.11. The van der Waals surface area contributed by atoms with Gasteiger partial charge < -0.3 is 15.2 Å². The van der Waals surface area contributed by atoms with Gasteiger partial charge in [0.1, 0.15) is 0 Å². The molecule has 0 aliphatic carbocycles. The molecule has 4 nitrogen and oxygen atoms in total. The Labute approximate surface area is 123 Å². The normalized spacial score (nSPS) is 10.5. The SMILES string of the molecule is CCCOc1ccc(-c2cnc(N)s2)cc1OCCC. The van der Waals surface area contributed by atoms with Gasteiger partial charge in [-0.25, -0.2) is 4.98 Å². The molecule has 0 aliphatic heterocycles. The summed E-state index contributed by atoms with van der Waals surface area (Å²) in [5.74, 6) is 1.58. The number of benzene rings is 1. The lowest BCUT2D eigenvalue weighted by molar-refractivity contribution is 0.268. The maximum atomic E-state index is 5.78. The largest absolute Gasteiger partial charge is 0.490 e. The van der Waals surface area contributed by atoms with Crippen LogP contribution in [0.4, 0.5) is 5.13 Å². The molecule has 2 N–H and O–H groups in total. The van der Waals surface area contributed by atoms with E-state index in [1.165, 1.54) is 11.3 Å². The smallest absolute Gasteiger partial charge is 0.180 e. The van der Waals surface area contributed by atoms with Crippen molar-refractivity contribution in [3.63, 3.8) is 0 Å². The monoisotopic (exact) mass is 292 g/mol. The van der Waals surface area contributed by atoms with Crippen molar-refractivity contribution in [1.82, 2.24) is 4.98 Å². The molecule has 0 atom stereocenters. The first kappa shape index (κ1) is 14.7. The fourth-order valence-electron chi connectivity index (χ4n) is 1.74. The van der Waals surface area contributed by atoms with Gasteiger partial charge in [0, 0.05) is 6.20 Å². The fourth-order valence-corrected chi connectivity index (χ4v) is 2.42. The molecule has 0 aliphatic rings. The van der Waals surface area contributed by atoms with Crippen molar-refractivity contribution in [2.75, 3.05) is 18.9 Å². The second-order valence-corrected chi connectivity index (χ2v) is 5.48. The van der Waals surface area contributed by atoms with Gasteiger partial charge in [-0.05, 0) is 36.6 Å². The maximum absolute atomic E-state index is 5.78. The van der Waals surface area contributed by atoms with E-state index in [0.29, 0.717) is 18.3 Å². The van der Waals surface area contributed by atoms with Crippen LogP contribution in [0.5, 0.6) is 11.5 Å². The summed E-state index contributed by atoms with van der Waals surface area (Å²) in [5, 5.41) is 0.572.